The summed E-state index contributed by atoms with van der Waals surface area (Å²) in [5.41, 5.74) is 2.39. The molecule has 0 unspecified atom stereocenters. The second-order valence-electron chi connectivity index (χ2n) is 3.75. The highest BCUT2D eigenvalue weighted by Crippen LogP contribution is 2.35. The molecule has 2 nitrogen and oxygen atoms in total. The second kappa shape index (κ2) is 4.18. The Balaban J connectivity index is 2.19. The summed E-state index contributed by atoms with van der Waals surface area (Å²) in [6.45, 7) is 0. The molecule has 1 aromatic carbocycles. The molecule has 3 aromatic rings. The summed E-state index contributed by atoms with van der Waals surface area (Å²) >= 11 is 1.73. The van der Waals surface area contributed by atoms with Gasteiger partial charge in [0.15, 0.2) is 0 Å². The molecular weight excluding hydrogens is 230 g/mol. The van der Waals surface area contributed by atoms with Gasteiger partial charge < -0.3 is 4.74 Å². The van der Waals surface area contributed by atoms with Crippen molar-refractivity contribution >= 4 is 21.4 Å². The Labute approximate surface area is 104 Å². The highest BCUT2D eigenvalue weighted by Gasteiger charge is 2.06. The van der Waals surface area contributed by atoms with Crippen molar-refractivity contribution in [2.24, 2.45) is 0 Å². The fourth-order valence-corrected chi connectivity index (χ4v) is 2.88. The molecule has 0 aliphatic heterocycles. The fourth-order valence-electron chi connectivity index (χ4n) is 1.88. The van der Waals surface area contributed by atoms with Crippen LogP contribution >= 0.6 is 11.3 Å². The molecule has 0 amide bonds. The number of hydrogen-bond donors (Lipinski definition) is 0. The van der Waals surface area contributed by atoms with Crippen LogP contribution in [0.1, 0.15) is 0 Å². The normalized spacial score (nSPS) is 10.6. The summed E-state index contributed by atoms with van der Waals surface area (Å²) in [6.07, 6.45) is 3.69. The van der Waals surface area contributed by atoms with Crippen molar-refractivity contribution in [2.75, 3.05) is 7.11 Å². The first-order valence-electron chi connectivity index (χ1n) is 5.34. The second-order valence-corrected chi connectivity index (χ2v) is 4.66. The zero-order chi connectivity index (χ0) is 11.7. The first-order chi connectivity index (χ1) is 8.38. The molecule has 0 atom stereocenters. The van der Waals surface area contributed by atoms with Gasteiger partial charge in [-0.15, -0.1) is 11.3 Å². The van der Waals surface area contributed by atoms with Gasteiger partial charge in [-0.3, -0.25) is 4.98 Å². The molecule has 84 valence electrons. The van der Waals surface area contributed by atoms with Crippen LogP contribution in [0, 0.1) is 0 Å². The third kappa shape index (κ3) is 1.78. The molecule has 2 aromatic heterocycles. The molecule has 0 spiro atoms. The van der Waals surface area contributed by atoms with Gasteiger partial charge >= 0.3 is 0 Å². The molecule has 0 bridgehead atoms. The summed E-state index contributed by atoms with van der Waals surface area (Å²) in [6, 6.07) is 10.2. The minimum Gasteiger partial charge on any atom is -0.497 e. The van der Waals surface area contributed by atoms with Crippen molar-refractivity contribution in [3.63, 3.8) is 0 Å². The van der Waals surface area contributed by atoms with E-state index in [0.717, 1.165) is 11.3 Å². The highest BCUT2D eigenvalue weighted by molar-refractivity contribution is 7.17. The predicted octanol–water partition coefficient (Wildman–Crippen LogP) is 3.97. The summed E-state index contributed by atoms with van der Waals surface area (Å²) in [7, 11) is 1.69. The number of hydrogen-bond acceptors (Lipinski definition) is 3. The Morgan fingerprint density at radius 2 is 2.18 bits per heavy atom. The Hall–Kier alpha value is -1.87. The Bertz CT molecular complexity index is 646. The summed E-state index contributed by atoms with van der Waals surface area (Å²) in [5, 5.41) is 3.42. The Kier molecular flexibility index (Phi) is 2.53. The fraction of sp³-hybridized carbons (Fsp3) is 0.0714. The molecule has 0 N–H and O–H groups in total. The van der Waals surface area contributed by atoms with Gasteiger partial charge in [0, 0.05) is 33.6 Å². The van der Waals surface area contributed by atoms with Crippen molar-refractivity contribution < 1.29 is 4.74 Å². The minimum atomic E-state index is 0.900. The monoisotopic (exact) mass is 241 g/mol. The van der Waals surface area contributed by atoms with E-state index in [-0.39, 0.29) is 0 Å². The van der Waals surface area contributed by atoms with E-state index in [4.69, 9.17) is 4.74 Å². The number of rotatable bonds is 2. The largest absolute Gasteiger partial charge is 0.497 e. The SMILES string of the molecule is COc1ccc2c(-c3cccnc3)csc2c1. The van der Waals surface area contributed by atoms with Gasteiger partial charge in [-0.25, -0.2) is 0 Å². The lowest BCUT2D eigenvalue weighted by molar-refractivity contribution is 0.415. The van der Waals surface area contributed by atoms with Crippen molar-refractivity contribution in [1.29, 1.82) is 0 Å². The van der Waals surface area contributed by atoms with E-state index in [9.17, 15) is 0 Å². The number of aromatic nitrogens is 1. The first-order valence-corrected chi connectivity index (χ1v) is 6.22. The maximum absolute atomic E-state index is 5.23. The molecular formula is C14H11NOS. The van der Waals surface area contributed by atoms with E-state index in [0.29, 0.717) is 0 Å². The molecule has 0 saturated carbocycles. The first kappa shape index (κ1) is 10.3. The number of nitrogens with zero attached hydrogens (tertiary/aromatic N) is 1. The van der Waals surface area contributed by atoms with Gasteiger partial charge in [-0.1, -0.05) is 6.07 Å². The van der Waals surface area contributed by atoms with Crippen LogP contribution in [0.4, 0.5) is 0 Å². The molecule has 0 aliphatic rings. The molecule has 0 radical (unpaired) electrons. The average Bonchev–Trinajstić information content (AvgIpc) is 2.82. The van der Waals surface area contributed by atoms with E-state index < -0.39 is 0 Å². The number of pyridine rings is 1. The number of benzene rings is 1. The minimum absolute atomic E-state index is 0.900. The van der Waals surface area contributed by atoms with E-state index >= 15 is 0 Å². The lowest BCUT2D eigenvalue weighted by Crippen LogP contribution is -1.81. The van der Waals surface area contributed by atoms with Crippen molar-refractivity contribution in [3.05, 3.63) is 48.1 Å². The van der Waals surface area contributed by atoms with E-state index in [1.165, 1.54) is 15.6 Å². The smallest absolute Gasteiger partial charge is 0.120 e. The number of methoxy groups -OCH3 is 1. The van der Waals surface area contributed by atoms with Crippen LogP contribution in [0.25, 0.3) is 21.2 Å². The third-order valence-corrected chi connectivity index (χ3v) is 3.70. The maximum Gasteiger partial charge on any atom is 0.120 e. The Morgan fingerprint density at radius 3 is 2.94 bits per heavy atom. The number of fused-ring (bicyclic) bond motifs is 1. The topological polar surface area (TPSA) is 22.1 Å². The summed E-state index contributed by atoms with van der Waals surface area (Å²) in [4.78, 5) is 4.16. The predicted molar refractivity (Wildman–Crippen MR) is 71.6 cm³/mol. The standard InChI is InChI=1S/C14H11NOS/c1-16-11-4-5-12-13(9-17-14(12)7-11)10-3-2-6-15-8-10/h2-9H,1H3. The lowest BCUT2D eigenvalue weighted by Gasteiger charge is -2.01. The van der Waals surface area contributed by atoms with Gasteiger partial charge in [0.2, 0.25) is 0 Å². The van der Waals surface area contributed by atoms with Crippen LogP contribution in [0.3, 0.4) is 0 Å². The quantitative estimate of drug-likeness (QED) is 0.677. The van der Waals surface area contributed by atoms with Crippen molar-refractivity contribution in [1.82, 2.24) is 4.98 Å². The molecule has 3 heteroatoms. The van der Waals surface area contributed by atoms with Gasteiger partial charge in [0.1, 0.15) is 5.75 Å². The van der Waals surface area contributed by atoms with Crippen LogP contribution < -0.4 is 4.74 Å². The van der Waals surface area contributed by atoms with Crippen molar-refractivity contribution in [2.45, 2.75) is 0 Å². The van der Waals surface area contributed by atoms with Gasteiger partial charge in [-0.05, 0) is 29.6 Å². The van der Waals surface area contributed by atoms with Crippen LogP contribution in [0.5, 0.6) is 5.75 Å². The molecule has 0 fully saturated rings. The summed E-state index contributed by atoms with van der Waals surface area (Å²) < 4.78 is 6.47. The maximum atomic E-state index is 5.23. The van der Waals surface area contributed by atoms with Crippen LogP contribution in [-0.2, 0) is 0 Å². The van der Waals surface area contributed by atoms with Gasteiger partial charge in [0.25, 0.3) is 0 Å². The number of ether oxygens (including phenoxy) is 1. The highest BCUT2D eigenvalue weighted by atomic mass is 32.1. The van der Waals surface area contributed by atoms with E-state index in [1.807, 2.05) is 18.3 Å². The van der Waals surface area contributed by atoms with E-state index in [2.05, 4.69) is 28.6 Å². The molecule has 0 aliphatic carbocycles. The van der Waals surface area contributed by atoms with Crippen molar-refractivity contribution in [3.8, 4) is 16.9 Å². The summed E-state index contributed by atoms with van der Waals surface area (Å²) in [5.74, 6) is 0.900. The zero-order valence-corrected chi connectivity index (χ0v) is 10.2. The lowest BCUT2D eigenvalue weighted by atomic mass is 10.1. The molecule has 0 saturated heterocycles. The molecule has 3 rings (SSSR count). The van der Waals surface area contributed by atoms with Gasteiger partial charge in [0.05, 0.1) is 7.11 Å². The van der Waals surface area contributed by atoms with Crippen LogP contribution in [-0.4, -0.2) is 12.1 Å². The molecule has 17 heavy (non-hydrogen) atoms. The third-order valence-electron chi connectivity index (χ3n) is 2.76. The van der Waals surface area contributed by atoms with Gasteiger partial charge in [-0.2, -0.15) is 0 Å². The Morgan fingerprint density at radius 1 is 1.24 bits per heavy atom. The van der Waals surface area contributed by atoms with Crippen LogP contribution in [0.2, 0.25) is 0 Å². The van der Waals surface area contributed by atoms with Crippen LogP contribution in [0.15, 0.2) is 48.1 Å². The average molecular weight is 241 g/mol. The van der Waals surface area contributed by atoms with E-state index in [1.54, 1.807) is 24.6 Å². The zero-order valence-electron chi connectivity index (χ0n) is 9.38. The number of thiophene rings is 1. The molecule has 2 heterocycles.